The Bertz CT molecular complexity index is 198. The molecular formula is C14H30N2O. The van der Waals surface area contributed by atoms with Gasteiger partial charge in [0.25, 0.3) is 0 Å². The molecule has 3 heteroatoms. The van der Waals surface area contributed by atoms with Crippen LogP contribution in [0.2, 0.25) is 0 Å². The average Bonchev–Trinajstić information content (AvgIpc) is 2.37. The van der Waals surface area contributed by atoms with Crippen LogP contribution >= 0.6 is 0 Å². The third kappa shape index (κ3) is 6.06. The molecule has 0 aliphatic carbocycles. The second kappa shape index (κ2) is 9.46. The van der Waals surface area contributed by atoms with E-state index >= 15 is 0 Å². The van der Waals surface area contributed by atoms with Crippen LogP contribution in [0.4, 0.5) is 0 Å². The number of nitrogens with zero attached hydrogens (tertiary/aromatic N) is 1. The van der Waals surface area contributed by atoms with Crippen molar-refractivity contribution in [3.63, 3.8) is 0 Å². The molecule has 102 valence electrons. The van der Waals surface area contributed by atoms with E-state index in [1.54, 1.807) is 0 Å². The molecule has 1 amide bonds. The molecule has 1 unspecified atom stereocenters. The molecule has 0 radical (unpaired) electrons. The molecule has 1 atom stereocenters. The van der Waals surface area contributed by atoms with Crippen molar-refractivity contribution in [2.75, 3.05) is 19.6 Å². The van der Waals surface area contributed by atoms with Crippen molar-refractivity contribution in [3.8, 4) is 0 Å². The average molecular weight is 242 g/mol. The fraction of sp³-hybridized carbons (Fsp3) is 0.929. The van der Waals surface area contributed by atoms with Crippen LogP contribution in [0.3, 0.4) is 0 Å². The Kier molecular flexibility index (Phi) is 9.14. The molecule has 0 rings (SSSR count). The quantitative estimate of drug-likeness (QED) is 0.675. The topological polar surface area (TPSA) is 46.3 Å². The van der Waals surface area contributed by atoms with Gasteiger partial charge in [-0.2, -0.15) is 0 Å². The highest BCUT2D eigenvalue weighted by atomic mass is 16.2. The summed E-state index contributed by atoms with van der Waals surface area (Å²) in [6, 6.07) is 0. The predicted octanol–water partition coefficient (Wildman–Crippen LogP) is 2.65. The van der Waals surface area contributed by atoms with Gasteiger partial charge in [-0.05, 0) is 25.3 Å². The maximum absolute atomic E-state index is 12.1. The van der Waals surface area contributed by atoms with E-state index in [1.807, 2.05) is 4.90 Å². The molecule has 0 aromatic rings. The van der Waals surface area contributed by atoms with E-state index in [2.05, 4.69) is 27.7 Å². The van der Waals surface area contributed by atoms with E-state index in [0.29, 0.717) is 24.8 Å². The van der Waals surface area contributed by atoms with E-state index in [0.717, 1.165) is 32.4 Å². The van der Waals surface area contributed by atoms with E-state index < -0.39 is 0 Å². The van der Waals surface area contributed by atoms with Crippen LogP contribution in [0.25, 0.3) is 0 Å². The van der Waals surface area contributed by atoms with Gasteiger partial charge in [0.15, 0.2) is 0 Å². The van der Waals surface area contributed by atoms with Gasteiger partial charge < -0.3 is 10.6 Å². The van der Waals surface area contributed by atoms with E-state index in [9.17, 15) is 4.79 Å². The lowest BCUT2D eigenvalue weighted by molar-refractivity contribution is -0.132. The highest BCUT2D eigenvalue weighted by Gasteiger charge is 2.18. The Morgan fingerprint density at radius 1 is 1.06 bits per heavy atom. The molecule has 0 aliphatic heterocycles. The Hall–Kier alpha value is -0.570. The molecular weight excluding hydrogens is 212 g/mol. The number of carbonyl (C=O) groups excluding carboxylic acids is 1. The van der Waals surface area contributed by atoms with Gasteiger partial charge in [0.2, 0.25) is 5.91 Å². The molecule has 2 N–H and O–H groups in total. The predicted molar refractivity (Wildman–Crippen MR) is 73.8 cm³/mol. The monoisotopic (exact) mass is 242 g/mol. The number of rotatable bonds is 9. The summed E-state index contributed by atoms with van der Waals surface area (Å²) in [6.45, 7) is 10.9. The summed E-state index contributed by atoms with van der Waals surface area (Å²) in [6.07, 6.45) is 3.90. The van der Waals surface area contributed by atoms with Crippen molar-refractivity contribution in [1.29, 1.82) is 0 Å². The largest absolute Gasteiger partial charge is 0.343 e. The van der Waals surface area contributed by atoms with Crippen LogP contribution in [0.15, 0.2) is 0 Å². The fourth-order valence-electron chi connectivity index (χ4n) is 2.04. The molecule has 0 spiro atoms. The number of nitrogens with two attached hydrogens (primary N) is 1. The summed E-state index contributed by atoms with van der Waals surface area (Å²) in [5, 5.41) is 0. The van der Waals surface area contributed by atoms with Crippen LogP contribution in [0.5, 0.6) is 0 Å². The summed E-state index contributed by atoms with van der Waals surface area (Å²) in [4.78, 5) is 14.1. The molecule has 0 aliphatic rings. The number of amides is 1. The molecule has 0 saturated carbocycles. The van der Waals surface area contributed by atoms with Crippen molar-refractivity contribution in [2.45, 2.75) is 53.4 Å². The SMILES string of the molecule is CCC(CN)CC(=O)N(CC)CC(CC)CC. The van der Waals surface area contributed by atoms with Crippen LogP contribution < -0.4 is 5.73 Å². The highest BCUT2D eigenvalue weighted by molar-refractivity contribution is 5.76. The zero-order chi connectivity index (χ0) is 13.3. The van der Waals surface area contributed by atoms with Crippen LogP contribution in [-0.2, 0) is 4.79 Å². The summed E-state index contributed by atoms with van der Waals surface area (Å²) in [5.74, 6) is 1.26. The molecule has 3 nitrogen and oxygen atoms in total. The van der Waals surface area contributed by atoms with Crippen molar-refractivity contribution >= 4 is 5.91 Å². The Labute approximate surface area is 107 Å². The second-order valence-electron chi connectivity index (χ2n) is 4.83. The minimum absolute atomic E-state index is 0.275. The first-order valence-corrected chi connectivity index (χ1v) is 7.10. The van der Waals surface area contributed by atoms with Crippen LogP contribution in [-0.4, -0.2) is 30.4 Å². The van der Waals surface area contributed by atoms with Gasteiger partial charge in [0.05, 0.1) is 0 Å². The molecule has 0 heterocycles. The van der Waals surface area contributed by atoms with E-state index in [1.165, 1.54) is 0 Å². The molecule has 0 saturated heterocycles. The Morgan fingerprint density at radius 3 is 1.94 bits per heavy atom. The summed E-state index contributed by atoms with van der Waals surface area (Å²) in [7, 11) is 0. The third-order valence-electron chi connectivity index (χ3n) is 3.74. The fourth-order valence-corrected chi connectivity index (χ4v) is 2.04. The van der Waals surface area contributed by atoms with Crippen LogP contribution in [0.1, 0.15) is 53.4 Å². The first kappa shape index (κ1) is 16.4. The maximum atomic E-state index is 12.1. The highest BCUT2D eigenvalue weighted by Crippen LogP contribution is 2.13. The Balaban J connectivity index is 4.29. The number of hydrogen-bond acceptors (Lipinski definition) is 2. The first-order valence-electron chi connectivity index (χ1n) is 7.10. The lowest BCUT2D eigenvalue weighted by Gasteiger charge is -2.27. The zero-order valence-electron chi connectivity index (χ0n) is 12.0. The van der Waals surface area contributed by atoms with Gasteiger partial charge in [-0.3, -0.25) is 4.79 Å². The third-order valence-corrected chi connectivity index (χ3v) is 3.74. The lowest BCUT2D eigenvalue weighted by atomic mass is 10.00. The molecule has 0 aromatic heterocycles. The second-order valence-corrected chi connectivity index (χ2v) is 4.83. The summed E-state index contributed by atoms with van der Waals surface area (Å²) in [5.41, 5.74) is 5.66. The minimum atomic E-state index is 0.275. The normalized spacial score (nSPS) is 12.8. The van der Waals surface area contributed by atoms with Gasteiger partial charge in [0, 0.05) is 19.5 Å². The van der Waals surface area contributed by atoms with Gasteiger partial charge >= 0.3 is 0 Å². The molecule has 0 bridgehead atoms. The zero-order valence-corrected chi connectivity index (χ0v) is 12.0. The number of hydrogen-bond donors (Lipinski definition) is 1. The lowest BCUT2D eigenvalue weighted by Crippen LogP contribution is -2.36. The van der Waals surface area contributed by atoms with Crippen molar-refractivity contribution in [3.05, 3.63) is 0 Å². The van der Waals surface area contributed by atoms with Crippen molar-refractivity contribution in [1.82, 2.24) is 4.90 Å². The summed E-state index contributed by atoms with van der Waals surface area (Å²) >= 11 is 0. The van der Waals surface area contributed by atoms with Gasteiger partial charge in [-0.1, -0.05) is 40.0 Å². The van der Waals surface area contributed by atoms with Gasteiger partial charge in [-0.15, -0.1) is 0 Å². The van der Waals surface area contributed by atoms with Crippen molar-refractivity contribution < 1.29 is 4.79 Å². The molecule has 17 heavy (non-hydrogen) atoms. The Morgan fingerprint density at radius 2 is 1.59 bits per heavy atom. The smallest absolute Gasteiger partial charge is 0.222 e. The molecule has 0 aromatic carbocycles. The van der Waals surface area contributed by atoms with Crippen LogP contribution in [0, 0.1) is 11.8 Å². The van der Waals surface area contributed by atoms with E-state index in [4.69, 9.17) is 5.73 Å². The van der Waals surface area contributed by atoms with Gasteiger partial charge in [-0.25, -0.2) is 0 Å². The summed E-state index contributed by atoms with van der Waals surface area (Å²) < 4.78 is 0. The minimum Gasteiger partial charge on any atom is -0.343 e. The first-order chi connectivity index (χ1) is 8.12. The van der Waals surface area contributed by atoms with E-state index in [-0.39, 0.29) is 5.91 Å². The van der Waals surface area contributed by atoms with Crippen molar-refractivity contribution in [2.24, 2.45) is 17.6 Å². The maximum Gasteiger partial charge on any atom is 0.222 e. The number of carbonyl (C=O) groups is 1. The standard InChI is InChI=1S/C14H30N2O/c1-5-12(6-2)11-16(8-4)14(17)9-13(7-3)10-15/h12-13H,5-11,15H2,1-4H3. The molecule has 0 fully saturated rings. The van der Waals surface area contributed by atoms with Gasteiger partial charge in [0.1, 0.15) is 0 Å².